The first-order chi connectivity index (χ1) is 17.0. The van der Waals surface area contributed by atoms with Crippen molar-refractivity contribution in [1.82, 2.24) is 15.2 Å². The normalized spacial score (nSPS) is 19.2. The number of oxazole rings is 1. The molecule has 2 fully saturated rings. The smallest absolute Gasteiger partial charge is 0.273 e. The molecule has 3 aliphatic rings. The SMILES string of the molecule is Cc1ccc([C@@H]2c3cc(OCc4nc(C(=O)NC5CC5)co4)ccc3CCN2C(=O)C2CC2)cc1. The Hall–Kier alpha value is -3.61. The Morgan fingerprint density at radius 2 is 1.91 bits per heavy atom. The van der Waals surface area contributed by atoms with Crippen LogP contribution in [0.25, 0.3) is 0 Å². The fourth-order valence-corrected chi connectivity index (χ4v) is 4.71. The fraction of sp³-hybridized carbons (Fsp3) is 0.393. The van der Waals surface area contributed by atoms with Crippen molar-refractivity contribution in [3.05, 3.63) is 82.6 Å². The zero-order valence-electron chi connectivity index (χ0n) is 19.8. The van der Waals surface area contributed by atoms with E-state index in [1.165, 1.54) is 17.4 Å². The molecule has 3 aromatic rings. The van der Waals surface area contributed by atoms with Gasteiger partial charge in [0.15, 0.2) is 12.3 Å². The maximum atomic E-state index is 13.2. The minimum Gasteiger partial charge on any atom is -0.484 e. The highest BCUT2D eigenvalue weighted by atomic mass is 16.5. The van der Waals surface area contributed by atoms with E-state index in [0.29, 0.717) is 11.6 Å². The quantitative estimate of drug-likeness (QED) is 0.554. The van der Waals surface area contributed by atoms with E-state index in [9.17, 15) is 9.59 Å². The van der Waals surface area contributed by atoms with Crippen molar-refractivity contribution in [3.63, 3.8) is 0 Å². The van der Waals surface area contributed by atoms with Crippen LogP contribution in [0.5, 0.6) is 5.75 Å². The number of carbonyl (C=O) groups is 2. The second-order valence-electron chi connectivity index (χ2n) is 9.89. The van der Waals surface area contributed by atoms with Gasteiger partial charge in [-0.05, 0) is 67.9 Å². The molecule has 2 heterocycles. The van der Waals surface area contributed by atoms with Gasteiger partial charge in [-0.15, -0.1) is 0 Å². The molecule has 1 atom stereocenters. The van der Waals surface area contributed by atoms with Gasteiger partial charge in [-0.1, -0.05) is 35.9 Å². The average Bonchev–Trinajstić information content (AvgIpc) is 3.81. The minimum atomic E-state index is -0.211. The van der Waals surface area contributed by atoms with Crippen LogP contribution in [-0.4, -0.2) is 34.3 Å². The van der Waals surface area contributed by atoms with E-state index in [2.05, 4.69) is 47.6 Å². The number of rotatable bonds is 7. The molecular weight excluding hydrogens is 442 g/mol. The summed E-state index contributed by atoms with van der Waals surface area (Å²) in [5.41, 5.74) is 4.91. The Morgan fingerprint density at radius 3 is 2.66 bits per heavy atom. The van der Waals surface area contributed by atoms with E-state index in [1.807, 2.05) is 17.0 Å². The molecule has 0 saturated heterocycles. The summed E-state index contributed by atoms with van der Waals surface area (Å²) in [5.74, 6) is 1.25. The van der Waals surface area contributed by atoms with E-state index >= 15 is 0 Å². The number of nitrogens with one attached hydrogen (secondary N) is 1. The van der Waals surface area contributed by atoms with Crippen LogP contribution in [0.4, 0.5) is 0 Å². The Kier molecular flexibility index (Phi) is 5.55. The number of hydrogen-bond acceptors (Lipinski definition) is 5. The van der Waals surface area contributed by atoms with Gasteiger partial charge < -0.3 is 19.4 Å². The summed E-state index contributed by atoms with van der Waals surface area (Å²) in [6.07, 6.45) is 6.22. The molecule has 35 heavy (non-hydrogen) atoms. The molecule has 0 spiro atoms. The van der Waals surface area contributed by atoms with Gasteiger partial charge >= 0.3 is 0 Å². The molecular formula is C28H29N3O4. The first-order valence-corrected chi connectivity index (χ1v) is 12.4. The van der Waals surface area contributed by atoms with Crippen molar-refractivity contribution in [3.8, 4) is 5.75 Å². The number of hydrogen-bond donors (Lipinski definition) is 1. The molecule has 1 aromatic heterocycles. The van der Waals surface area contributed by atoms with Gasteiger partial charge in [0.1, 0.15) is 12.0 Å². The average molecular weight is 472 g/mol. The topological polar surface area (TPSA) is 84.7 Å². The second kappa shape index (κ2) is 8.87. The summed E-state index contributed by atoms with van der Waals surface area (Å²) >= 11 is 0. The van der Waals surface area contributed by atoms with Crippen molar-refractivity contribution in [1.29, 1.82) is 0 Å². The number of aryl methyl sites for hydroxylation is 1. The van der Waals surface area contributed by atoms with E-state index in [-0.39, 0.29) is 42.1 Å². The van der Waals surface area contributed by atoms with Crippen LogP contribution in [0.15, 0.2) is 53.1 Å². The number of aromatic nitrogens is 1. The highest BCUT2D eigenvalue weighted by molar-refractivity contribution is 5.92. The molecule has 6 rings (SSSR count). The number of fused-ring (bicyclic) bond motifs is 1. The van der Waals surface area contributed by atoms with Gasteiger partial charge in [-0.25, -0.2) is 4.98 Å². The lowest BCUT2D eigenvalue weighted by molar-refractivity contribution is -0.134. The number of carbonyl (C=O) groups excluding carboxylic acids is 2. The van der Waals surface area contributed by atoms with Gasteiger partial charge in [0.25, 0.3) is 5.91 Å². The largest absolute Gasteiger partial charge is 0.484 e. The Morgan fingerprint density at radius 1 is 1.11 bits per heavy atom. The fourth-order valence-electron chi connectivity index (χ4n) is 4.71. The molecule has 2 aliphatic carbocycles. The predicted molar refractivity (Wildman–Crippen MR) is 129 cm³/mol. The van der Waals surface area contributed by atoms with Gasteiger partial charge in [-0.3, -0.25) is 9.59 Å². The third-order valence-corrected chi connectivity index (χ3v) is 7.01. The van der Waals surface area contributed by atoms with E-state index in [4.69, 9.17) is 9.15 Å². The van der Waals surface area contributed by atoms with Crippen LogP contribution >= 0.6 is 0 Å². The summed E-state index contributed by atoms with van der Waals surface area (Å²) in [6, 6.07) is 14.7. The molecule has 2 saturated carbocycles. The highest BCUT2D eigenvalue weighted by Crippen LogP contribution is 2.41. The zero-order valence-corrected chi connectivity index (χ0v) is 19.8. The van der Waals surface area contributed by atoms with Crippen LogP contribution in [0.2, 0.25) is 0 Å². The van der Waals surface area contributed by atoms with Gasteiger partial charge in [0.2, 0.25) is 11.8 Å². The molecule has 0 bridgehead atoms. The van der Waals surface area contributed by atoms with Crippen LogP contribution in [0, 0.1) is 12.8 Å². The summed E-state index contributed by atoms with van der Waals surface area (Å²) in [7, 11) is 0. The van der Waals surface area contributed by atoms with Gasteiger partial charge in [0.05, 0.1) is 6.04 Å². The van der Waals surface area contributed by atoms with E-state index in [1.54, 1.807) is 0 Å². The monoisotopic (exact) mass is 471 g/mol. The standard InChI is InChI=1S/C28H29N3O4/c1-17-2-4-19(5-3-17)26-23-14-22(11-8-18(23)12-13-31(26)28(33)20-6-7-20)34-16-25-30-24(15-35-25)27(32)29-21-9-10-21/h2-5,8,11,14-15,20-21,26H,6-7,9-10,12-13,16H2,1H3,(H,29,32)/t26-/m1/s1. The molecule has 0 radical (unpaired) electrons. The third kappa shape index (κ3) is 4.67. The van der Waals surface area contributed by atoms with Crippen LogP contribution in [0.3, 0.4) is 0 Å². The van der Waals surface area contributed by atoms with E-state index < -0.39 is 0 Å². The second-order valence-corrected chi connectivity index (χ2v) is 9.89. The predicted octanol–water partition coefficient (Wildman–Crippen LogP) is 4.34. The summed E-state index contributed by atoms with van der Waals surface area (Å²) < 4.78 is 11.5. The highest BCUT2D eigenvalue weighted by Gasteiger charge is 2.39. The van der Waals surface area contributed by atoms with Crippen molar-refractivity contribution in [2.75, 3.05) is 6.54 Å². The first kappa shape index (κ1) is 21.9. The lowest BCUT2D eigenvalue weighted by atomic mass is 9.87. The van der Waals surface area contributed by atoms with Crippen LogP contribution < -0.4 is 10.1 Å². The molecule has 0 unspecified atom stereocenters. The summed E-state index contributed by atoms with van der Waals surface area (Å²) in [5, 5.41) is 2.91. The Labute approximate surface area is 204 Å². The minimum absolute atomic E-state index is 0.120. The summed E-state index contributed by atoms with van der Waals surface area (Å²) in [6.45, 7) is 2.92. The molecule has 2 aromatic carbocycles. The van der Waals surface area contributed by atoms with Crippen molar-refractivity contribution >= 4 is 11.8 Å². The summed E-state index contributed by atoms with van der Waals surface area (Å²) in [4.78, 5) is 31.7. The lowest BCUT2D eigenvalue weighted by Gasteiger charge is -2.38. The molecule has 1 N–H and O–H groups in total. The lowest BCUT2D eigenvalue weighted by Crippen LogP contribution is -2.41. The van der Waals surface area contributed by atoms with Gasteiger partial charge in [0, 0.05) is 18.5 Å². The van der Waals surface area contributed by atoms with Crippen molar-refractivity contribution < 1.29 is 18.7 Å². The van der Waals surface area contributed by atoms with Crippen molar-refractivity contribution in [2.24, 2.45) is 5.92 Å². The Balaban J connectivity index is 1.23. The molecule has 2 amide bonds. The van der Waals surface area contributed by atoms with Gasteiger partial charge in [-0.2, -0.15) is 0 Å². The molecule has 7 heteroatoms. The number of benzene rings is 2. The molecule has 180 valence electrons. The van der Waals surface area contributed by atoms with E-state index in [0.717, 1.165) is 49.8 Å². The maximum Gasteiger partial charge on any atom is 0.273 e. The first-order valence-electron chi connectivity index (χ1n) is 12.4. The molecule has 1 aliphatic heterocycles. The number of nitrogens with zero attached hydrogens (tertiary/aromatic N) is 2. The van der Waals surface area contributed by atoms with Crippen LogP contribution in [-0.2, 0) is 17.8 Å². The third-order valence-electron chi connectivity index (χ3n) is 7.01. The maximum absolute atomic E-state index is 13.2. The number of amides is 2. The van der Waals surface area contributed by atoms with Crippen molar-refractivity contribution in [2.45, 2.75) is 57.7 Å². The zero-order chi connectivity index (χ0) is 23.9. The van der Waals surface area contributed by atoms with Crippen LogP contribution in [0.1, 0.15) is 70.4 Å². The Bertz CT molecular complexity index is 1260. The number of ether oxygens (including phenoxy) is 1. The molecule has 7 nitrogen and oxygen atoms in total.